The summed E-state index contributed by atoms with van der Waals surface area (Å²) in [5, 5.41) is 0. The molecule has 0 fully saturated rings. The van der Waals surface area contributed by atoms with Crippen LogP contribution in [0, 0.1) is 5.92 Å². The molecule has 0 aliphatic rings. The highest BCUT2D eigenvalue weighted by molar-refractivity contribution is 6.41. The maximum absolute atomic E-state index is 12.0. The molecule has 0 saturated carbocycles. The highest BCUT2D eigenvalue weighted by Crippen LogP contribution is 2.15. The van der Waals surface area contributed by atoms with Gasteiger partial charge in [-0.3, -0.25) is 14.4 Å². The van der Waals surface area contributed by atoms with Crippen molar-refractivity contribution in [1.82, 2.24) is 0 Å². The molecule has 0 rings (SSSR count). The van der Waals surface area contributed by atoms with Gasteiger partial charge in [0.25, 0.3) is 0 Å². The van der Waals surface area contributed by atoms with Gasteiger partial charge in [0.15, 0.2) is 5.78 Å². The minimum Gasteiger partial charge on any atom is -0.299 e. The number of ketones is 3. The highest BCUT2D eigenvalue weighted by Gasteiger charge is 2.29. The molecule has 0 aromatic heterocycles. The molecule has 18 heavy (non-hydrogen) atoms. The summed E-state index contributed by atoms with van der Waals surface area (Å²) in [4.78, 5) is 35.6. The number of hydrogen-bond donors (Lipinski definition) is 0. The van der Waals surface area contributed by atoms with Crippen LogP contribution >= 0.6 is 0 Å². The molecule has 0 bridgehead atoms. The summed E-state index contributed by atoms with van der Waals surface area (Å²) in [6.45, 7) is 5.92. The lowest BCUT2D eigenvalue weighted by Crippen LogP contribution is -2.30. The number of unbranched alkanes of at least 4 members (excludes halogenated alkanes) is 2. The van der Waals surface area contributed by atoms with Gasteiger partial charge in [-0.05, 0) is 19.3 Å². The number of carbonyl (C=O) groups is 3. The van der Waals surface area contributed by atoms with Gasteiger partial charge in [0.2, 0.25) is 5.78 Å². The van der Waals surface area contributed by atoms with Crippen molar-refractivity contribution < 1.29 is 14.4 Å². The summed E-state index contributed by atoms with van der Waals surface area (Å²) in [7, 11) is 0. The van der Waals surface area contributed by atoms with E-state index in [1.54, 1.807) is 0 Å². The molecular formula is C15H26O3. The van der Waals surface area contributed by atoms with E-state index >= 15 is 0 Å². The number of rotatable bonds is 11. The average Bonchev–Trinajstić information content (AvgIpc) is 2.38. The molecule has 3 heteroatoms. The van der Waals surface area contributed by atoms with Gasteiger partial charge in [-0.2, -0.15) is 0 Å². The molecule has 0 radical (unpaired) electrons. The van der Waals surface area contributed by atoms with E-state index < -0.39 is 11.7 Å². The monoisotopic (exact) mass is 254 g/mol. The Morgan fingerprint density at radius 3 is 1.89 bits per heavy atom. The van der Waals surface area contributed by atoms with Crippen LogP contribution in [0.4, 0.5) is 0 Å². The molecule has 104 valence electrons. The zero-order valence-corrected chi connectivity index (χ0v) is 12.0. The van der Waals surface area contributed by atoms with Crippen molar-refractivity contribution in [2.45, 2.75) is 72.1 Å². The van der Waals surface area contributed by atoms with E-state index in [-0.39, 0.29) is 18.0 Å². The van der Waals surface area contributed by atoms with Gasteiger partial charge in [0.1, 0.15) is 5.78 Å². The Bertz CT molecular complexity index is 281. The van der Waals surface area contributed by atoms with Crippen molar-refractivity contribution in [2.75, 3.05) is 0 Å². The molecule has 1 atom stereocenters. The summed E-state index contributed by atoms with van der Waals surface area (Å²) < 4.78 is 0. The largest absolute Gasteiger partial charge is 0.299 e. The minimum absolute atomic E-state index is 0.0476. The summed E-state index contributed by atoms with van der Waals surface area (Å²) >= 11 is 0. The lowest BCUT2D eigenvalue weighted by molar-refractivity contribution is -0.143. The zero-order chi connectivity index (χ0) is 14.0. The van der Waals surface area contributed by atoms with Gasteiger partial charge >= 0.3 is 0 Å². The van der Waals surface area contributed by atoms with E-state index in [2.05, 4.69) is 0 Å². The Morgan fingerprint density at radius 2 is 1.39 bits per heavy atom. The third-order valence-corrected chi connectivity index (χ3v) is 3.09. The Morgan fingerprint density at radius 1 is 0.833 bits per heavy atom. The van der Waals surface area contributed by atoms with E-state index in [0.29, 0.717) is 12.8 Å². The van der Waals surface area contributed by atoms with Crippen LogP contribution in [-0.2, 0) is 14.4 Å². The highest BCUT2D eigenvalue weighted by atomic mass is 16.2. The van der Waals surface area contributed by atoms with Crippen molar-refractivity contribution >= 4 is 17.3 Å². The molecule has 0 spiro atoms. The average molecular weight is 254 g/mol. The lowest BCUT2D eigenvalue weighted by Gasteiger charge is -2.12. The Labute approximate surface area is 110 Å². The molecule has 3 nitrogen and oxygen atoms in total. The maximum atomic E-state index is 12.0. The third-order valence-electron chi connectivity index (χ3n) is 3.09. The molecule has 0 aliphatic carbocycles. The second-order valence-corrected chi connectivity index (χ2v) is 4.80. The van der Waals surface area contributed by atoms with Gasteiger partial charge in [-0.1, -0.05) is 40.0 Å². The first-order chi connectivity index (χ1) is 8.58. The predicted octanol–water partition coefficient (Wildman–Crippen LogP) is 3.49. The van der Waals surface area contributed by atoms with Crippen LogP contribution in [0.2, 0.25) is 0 Å². The molecule has 1 unspecified atom stereocenters. The fourth-order valence-electron chi connectivity index (χ4n) is 1.91. The zero-order valence-electron chi connectivity index (χ0n) is 12.0. The quantitative estimate of drug-likeness (QED) is 0.419. The molecule has 0 amide bonds. The van der Waals surface area contributed by atoms with E-state index in [9.17, 15) is 14.4 Å². The Kier molecular flexibility index (Phi) is 9.43. The predicted molar refractivity (Wildman–Crippen MR) is 72.5 cm³/mol. The van der Waals surface area contributed by atoms with Crippen LogP contribution in [0.3, 0.4) is 0 Å². The van der Waals surface area contributed by atoms with Gasteiger partial charge in [-0.25, -0.2) is 0 Å². The van der Waals surface area contributed by atoms with Gasteiger partial charge in [-0.15, -0.1) is 0 Å². The molecule has 0 aromatic rings. The number of Topliss-reactive ketones (excluding diaryl/α,β-unsaturated/α-hetero) is 3. The topological polar surface area (TPSA) is 51.2 Å². The molecular weight excluding hydrogens is 228 g/mol. The van der Waals surface area contributed by atoms with E-state index in [0.717, 1.165) is 32.1 Å². The second-order valence-electron chi connectivity index (χ2n) is 4.80. The van der Waals surface area contributed by atoms with Crippen molar-refractivity contribution in [1.29, 1.82) is 0 Å². The van der Waals surface area contributed by atoms with Crippen molar-refractivity contribution in [3.8, 4) is 0 Å². The molecule has 0 aliphatic heterocycles. The third kappa shape index (κ3) is 6.08. The maximum Gasteiger partial charge on any atom is 0.208 e. The molecule has 0 heterocycles. The van der Waals surface area contributed by atoms with E-state index in [1.807, 2.05) is 20.8 Å². The van der Waals surface area contributed by atoms with Crippen molar-refractivity contribution in [2.24, 2.45) is 5.92 Å². The first-order valence-electron chi connectivity index (χ1n) is 7.18. The first-order valence-corrected chi connectivity index (χ1v) is 7.18. The fraction of sp³-hybridized carbons (Fsp3) is 0.800. The Hall–Kier alpha value is -0.990. The van der Waals surface area contributed by atoms with Crippen LogP contribution in [-0.4, -0.2) is 17.3 Å². The molecule has 0 aromatic carbocycles. The van der Waals surface area contributed by atoms with E-state index in [1.165, 1.54) is 0 Å². The molecule has 0 N–H and O–H groups in total. The van der Waals surface area contributed by atoms with E-state index in [4.69, 9.17) is 0 Å². The second kappa shape index (κ2) is 9.98. The summed E-state index contributed by atoms with van der Waals surface area (Å²) in [6, 6.07) is 0. The lowest BCUT2D eigenvalue weighted by atomic mass is 9.88. The van der Waals surface area contributed by atoms with Crippen molar-refractivity contribution in [3.05, 3.63) is 0 Å². The van der Waals surface area contributed by atoms with Gasteiger partial charge in [0.05, 0.1) is 5.92 Å². The van der Waals surface area contributed by atoms with Crippen LogP contribution in [0.15, 0.2) is 0 Å². The van der Waals surface area contributed by atoms with Crippen LogP contribution in [0.5, 0.6) is 0 Å². The first kappa shape index (κ1) is 17.0. The smallest absolute Gasteiger partial charge is 0.208 e. The summed E-state index contributed by atoms with van der Waals surface area (Å²) in [5.74, 6) is -1.54. The standard InChI is InChI=1S/C15H26O3/c1-4-7-10-13(16)12(9-6-3)15(18)14(17)11-8-5-2/h12H,4-11H2,1-3H3. The van der Waals surface area contributed by atoms with Crippen LogP contribution in [0.1, 0.15) is 72.1 Å². The van der Waals surface area contributed by atoms with Gasteiger partial charge in [0, 0.05) is 12.8 Å². The minimum atomic E-state index is -0.675. The molecule has 0 saturated heterocycles. The van der Waals surface area contributed by atoms with Crippen LogP contribution < -0.4 is 0 Å². The summed E-state index contributed by atoms with van der Waals surface area (Å²) in [6.07, 6.45) is 5.34. The Balaban J connectivity index is 4.51. The number of carbonyl (C=O) groups excluding carboxylic acids is 3. The summed E-state index contributed by atoms with van der Waals surface area (Å²) in [5.41, 5.74) is 0. The van der Waals surface area contributed by atoms with Gasteiger partial charge < -0.3 is 0 Å². The SMILES string of the molecule is CCCCC(=O)C(=O)C(CCC)C(=O)CCCC. The fourth-order valence-corrected chi connectivity index (χ4v) is 1.91. The number of hydrogen-bond acceptors (Lipinski definition) is 3. The normalized spacial score (nSPS) is 12.2. The van der Waals surface area contributed by atoms with Crippen LogP contribution in [0.25, 0.3) is 0 Å². The van der Waals surface area contributed by atoms with Crippen molar-refractivity contribution in [3.63, 3.8) is 0 Å².